The fraction of sp³-hybridized carbons (Fsp3) is 0.643. The standard InChI is InChI=1S/C14H22N2O/c1-4-14(6-5-7-16-14)12-8-13(10-15-9-12)17-11(2)3/h8-11,16H,4-7H2,1-3H3. The van der Waals surface area contributed by atoms with Gasteiger partial charge in [0.25, 0.3) is 0 Å². The lowest BCUT2D eigenvalue weighted by Gasteiger charge is -2.28. The lowest BCUT2D eigenvalue weighted by molar-refractivity contribution is 0.240. The molecule has 1 N–H and O–H groups in total. The highest BCUT2D eigenvalue weighted by Crippen LogP contribution is 2.34. The van der Waals surface area contributed by atoms with Crippen LogP contribution in [0.4, 0.5) is 0 Å². The summed E-state index contributed by atoms with van der Waals surface area (Å²) in [5.41, 5.74) is 1.37. The Labute approximate surface area is 104 Å². The first kappa shape index (κ1) is 12.4. The average Bonchev–Trinajstić information content (AvgIpc) is 2.78. The van der Waals surface area contributed by atoms with Gasteiger partial charge >= 0.3 is 0 Å². The van der Waals surface area contributed by atoms with Crippen LogP contribution in [0, 0.1) is 0 Å². The molecule has 3 nitrogen and oxygen atoms in total. The van der Waals surface area contributed by atoms with Crippen molar-refractivity contribution in [2.75, 3.05) is 6.54 Å². The van der Waals surface area contributed by atoms with E-state index in [2.05, 4.69) is 23.3 Å². The van der Waals surface area contributed by atoms with Crippen molar-refractivity contribution >= 4 is 0 Å². The predicted molar refractivity (Wildman–Crippen MR) is 69.2 cm³/mol. The van der Waals surface area contributed by atoms with Crippen LogP contribution in [0.3, 0.4) is 0 Å². The molecule has 0 amide bonds. The Morgan fingerprint density at radius 1 is 1.47 bits per heavy atom. The Morgan fingerprint density at radius 2 is 2.29 bits per heavy atom. The molecule has 0 spiro atoms. The molecule has 1 saturated heterocycles. The summed E-state index contributed by atoms with van der Waals surface area (Å²) >= 11 is 0. The van der Waals surface area contributed by atoms with Gasteiger partial charge < -0.3 is 10.1 Å². The van der Waals surface area contributed by atoms with Crippen LogP contribution in [0.15, 0.2) is 18.5 Å². The first-order valence-electron chi connectivity index (χ1n) is 6.53. The maximum atomic E-state index is 5.71. The van der Waals surface area contributed by atoms with Crippen molar-refractivity contribution in [3.8, 4) is 5.75 Å². The maximum absolute atomic E-state index is 5.71. The van der Waals surface area contributed by atoms with Crippen LogP contribution < -0.4 is 10.1 Å². The predicted octanol–water partition coefficient (Wildman–Crippen LogP) is 2.86. The molecule has 1 unspecified atom stereocenters. The van der Waals surface area contributed by atoms with Crippen molar-refractivity contribution in [3.05, 3.63) is 24.0 Å². The molecule has 0 saturated carbocycles. The molecule has 1 aliphatic rings. The number of nitrogens with zero attached hydrogens (tertiary/aromatic N) is 1. The Bertz CT molecular complexity index is 370. The summed E-state index contributed by atoms with van der Waals surface area (Å²) in [4.78, 5) is 4.31. The molecule has 0 radical (unpaired) electrons. The van der Waals surface area contributed by atoms with E-state index in [-0.39, 0.29) is 11.6 Å². The second-order valence-corrected chi connectivity index (χ2v) is 5.04. The van der Waals surface area contributed by atoms with Gasteiger partial charge in [0.2, 0.25) is 0 Å². The van der Waals surface area contributed by atoms with E-state index in [1.54, 1.807) is 6.20 Å². The van der Waals surface area contributed by atoms with Crippen molar-refractivity contribution in [1.29, 1.82) is 0 Å². The number of ether oxygens (including phenoxy) is 1. The zero-order chi connectivity index (χ0) is 12.3. The van der Waals surface area contributed by atoms with E-state index < -0.39 is 0 Å². The SMILES string of the molecule is CCC1(c2cncc(OC(C)C)c2)CCCN1. The monoisotopic (exact) mass is 234 g/mol. The number of rotatable bonds is 4. The van der Waals surface area contributed by atoms with E-state index in [9.17, 15) is 0 Å². The fourth-order valence-corrected chi connectivity index (χ4v) is 2.58. The highest BCUT2D eigenvalue weighted by molar-refractivity contribution is 5.30. The third kappa shape index (κ3) is 2.60. The van der Waals surface area contributed by atoms with Gasteiger partial charge in [-0.05, 0) is 51.3 Å². The summed E-state index contributed by atoms with van der Waals surface area (Å²) in [6, 6.07) is 2.13. The molecule has 0 aliphatic carbocycles. The van der Waals surface area contributed by atoms with Gasteiger partial charge in [0.1, 0.15) is 5.75 Å². The van der Waals surface area contributed by atoms with Gasteiger partial charge in [0, 0.05) is 11.7 Å². The minimum Gasteiger partial charge on any atom is -0.489 e. The summed E-state index contributed by atoms with van der Waals surface area (Å²) in [6.45, 7) is 7.41. The summed E-state index contributed by atoms with van der Waals surface area (Å²) in [6.07, 6.45) is 7.48. The van der Waals surface area contributed by atoms with Crippen LogP contribution in [0.5, 0.6) is 5.75 Å². The van der Waals surface area contributed by atoms with Gasteiger partial charge in [-0.25, -0.2) is 0 Å². The first-order chi connectivity index (χ1) is 8.16. The van der Waals surface area contributed by atoms with Crippen LogP contribution in [0.25, 0.3) is 0 Å². The zero-order valence-corrected chi connectivity index (χ0v) is 11.0. The van der Waals surface area contributed by atoms with Gasteiger partial charge in [-0.1, -0.05) is 6.92 Å². The Morgan fingerprint density at radius 3 is 2.88 bits per heavy atom. The quantitative estimate of drug-likeness (QED) is 0.870. The largest absolute Gasteiger partial charge is 0.489 e. The van der Waals surface area contributed by atoms with Crippen LogP contribution in [-0.4, -0.2) is 17.6 Å². The highest BCUT2D eigenvalue weighted by Gasteiger charge is 2.33. The molecule has 1 aromatic rings. The molecule has 2 rings (SSSR count). The van der Waals surface area contributed by atoms with Crippen LogP contribution in [-0.2, 0) is 5.54 Å². The smallest absolute Gasteiger partial charge is 0.138 e. The highest BCUT2D eigenvalue weighted by atomic mass is 16.5. The molecule has 1 aliphatic heterocycles. The molecular formula is C14H22N2O. The first-order valence-corrected chi connectivity index (χ1v) is 6.53. The van der Waals surface area contributed by atoms with Crippen LogP contribution in [0.2, 0.25) is 0 Å². The number of pyridine rings is 1. The van der Waals surface area contributed by atoms with Crippen molar-refractivity contribution in [3.63, 3.8) is 0 Å². The van der Waals surface area contributed by atoms with E-state index in [1.807, 2.05) is 20.0 Å². The number of hydrogen-bond acceptors (Lipinski definition) is 3. The lowest BCUT2D eigenvalue weighted by Crippen LogP contribution is -2.36. The van der Waals surface area contributed by atoms with Crippen molar-refractivity contribution in [1.82, 2.24) is 10.3 Å². The van der Waals surface area contributed by atoms with Gasteiger partial charge in [-0.3, -0.25) is 4.98 Å². The molecule has 1 aromatic heterocycles. The Balaban J connectivity index is 2.25. The lowest BCUT2D eigenvalue weighted by atomic mass is 9.87. The molecule has 94 valence electrons. The third-order valence-corrected chi connectivity index (χ3v) is 3.48. The van der Waals surface area contributed by atoms with Gasteiger partial charge in [-0.15, -0.1) is 0 Å². The molecule has 2 heterocycles. The molecule has 1 atom stereocenters. The zero-order valence-electron chi connectivity index (χ0n) is 11.0. The van der Waals surface area contributed by atoms with E-state index in [4.69, 9.17) is 4.74 Å². The molecule has 1 fully saturated rings. The van der Waals surface area contributed by atoms with Gasteiger partial charge in [0.05, 0.1) is 12.3 Å². The van der Waals surface area contributed by atoms with Crippen molar-refractivity contribution in [2.24, 2.45) is 0 Å². The van der Waals surface area contributed by atoms with Gasteiger partial charge in [-0.2, -0.15) is 0 Å². The molecule has 0 aromatic carbocycles. The number of hydrogen-bond donors (Lipinski definition) is 1. The van der Waals surface area contributed by atoms with E-state index in [0.29, 0.717) is 0 Å². The van der Waals surface area contributed by atoms with E-state index >= 15 is 0 Å². The fourth-order valence-electron chi connectivity index (χ4n) is 2.58. The van der Waals surface area contributed by atoms with E-state index in [0.717, 1.165) is 18.7 Å². The average molecular weight is 234 g/mol. The summed E-state index contributed by atoms with van der Waals surface area (Å²) < 4.78 is 5.71. The van der Waals surface area contributed by atoms with Gasteiger partial charge in [0.15, 0.2) is 0 Å². The maximum Gasteiger partial charge on any atom is 0.138 e. The second-order valence-electron chi connectivity index (χ2n) is 5.04. The minimum atomic E-state index is 0.114. The van der Waals surface area contributed by atoms with Crippen molar-refractivity contribution in [2.45, 2.75) is 51.7 Å². The van der Waals surface area contributed by atoms with Crippen LogP contribution >= 0.6 is 0 Å². The van der Waals surface area contributed by atoms with Crippen molar-refractivity contribution < 1.29 is 4.74 Å². The topological polar surface area (TPSA) is 34.1 Å². The molecule has 17 heavy (non-hydrogen) atoms. The minimum absolute atomic E-state index is 0.114. The summed E-state index contributed by atoms with van der Waals surface area (Å²) in [5, 5.41) is 3.62. The number of aromatic nitrogens is 1. The Kier molecular flexibility index (Phi) is 3.67. The molecule has 3 heteroatoms. The van der Waals surface area contributed by atoms with Crippen LogP contribution in [0.1, 0.15) is 45.6 Å². The summed E-state index contributed by atoms with van der Waals surface area (Å²) in [7, 11) is 0. The third-order valence-electron chi connectivity index (χ3n) is 3.48. The molecule has 0 bridgehead atoms. The van der Waals surface area contributed by atoms with E-state index in [1.165, 1.54) is 18.4 Å². The normalized spacial score (nSPS) is 24.2. The number of nitrogens with one attached hydrogen (secondary N) is 1. The summed E-state index contributed by atoms with van der Waals surface area (Å²) in [5.74, 6) is 0.874. The second kappa shape index (κ2) is 5.05. The Hall–Kier alpha value is -1.09. The molecular weight excluding hydrogens is 212 g/mol.